The molecule has 0 spiro atoms. The molecule has 0 aliphatic carbocycles. The molecule has 0 saturated heterocycles. The van der Waals surface area contributed by atoms with Crippen LogP contribution < -0.4 is 5.32 Å². The second kappa shape index (κ2) is 9.82. The van der Waals surface area contributed by atoms with Gasteiger partial charge in [0.1, 0.15) is 0 Å². The third kappa shape index (κ3) is 5.41. The van der Waals surface area contributed by atoms with Crippen molar-refractivity contribution in [3.63, 3.8) is 0 Å². The van der Waals surface area contributed by atoms with Crippen LogP contribution in [-0.4, -0.2) is 18.1 Å². The minimum Gasteiger partial charge on any atom is -0.368 e. The number of nitrogens with one attached hydrogen (secondary N) is 1. The van der Waals surface area contributed by atoms with E-state index in [2.05, 4.69) is 19.2 Å². The highest BCUT2D eigenvalue weighted by molar-refractivity contribution is 7.54. The lowest BCUT2D eigenvalue weighted by Crippen LogP contribution is -2.15. The normalized spacial score (nSPS) is 12.8. The zero-order valence-corrected chi connectivity index (χ0v) is 17.5. The molecule has 0 amide bonds. The zero-order valence-electron chi connectivity index (χ0n) is 16.6. The molecule has 0 saturated carbocycles. The van der Waals surface area contributed by atoms with Gasteiger partial charge in [0, 0.05) is 17.8 Å². The zero-order chi connectivity index (χ0) is 20.7. The maximum atomic E-state index is 13.5. The fourth-order valence-electron chi connectivity index (χ4n) is 2.82. The molecule has 1 unspecified atom stereocenters. The maximum absolute atomic E-state index is 13.5. The Morgan fingerprint density at radius 3 is 2.11 bits per heavy atom. The van der Waals surface area contributed by atoms with E-state index in [0.29, 0.717) is 11.6 Å². The Bertz CT molecular complexity index is 829. The van der Waals surface area contributed by atoms with Gasteiger partial charge in [-0.15, -0.1) is 0 Å². The van der Waals surface area contributed by atoms with Gasteiger partial charge >= 0.3 is 7.60 Å². The van der Waals surface area contributed by atoms with Crippen LogP contribution in [0.15, 0.2) is 48.5 Å². The van der Waals surface area contributed by atoms with E-state index in [1.807, 2.05) is 24.3 Å². The molecular formula is C20H27N2O5P. The molecule has 152 valence electrons. The molecule has 2 aromatic carbocycles. The molecule has 0 heterocycles. The van der Waals surface area contributed by atoms with Gasteiger partial charge in [0.2, 0.25) is 0 Å². The van der Waals surface area contributed by atoms with Gasteiger partial charge in [-0.3, -0.25) is 14.7 Å². The molecule has 0 aliphatic heterocycles. The van der Waals surface area contributed by atoms with Gasteiger partial charge in [-0.25, -0.2) is 0 Å². The van der Waals surface area contributed by atoms with Crippen LogP contribution in [-0.2, 0) is 13.6 Å². The molecule has 8 heteroatoms. The van der Waals surface area contributed by atoms with Crippen molar-refractivity contribution in [1.29, 1.82) is 0 Å². The summed E-state index contributed by atoms with van der Waals surface area (Å²) in [5, 5.41) is 14.2. The first-order valence-corrected chi connectivity index (χ1v) is 10.9. The van der Waals surface area contributed by atoms with E-state index in [1.54, 1.807) is 26.0 Å². The third-order valence-corrected chi connectivity index (χ3v) is 6.51. The molecule has 28 heavy (non-hydrogen) atoms. The maximum Gasteiger partial charge on any atom is 0.357 e. The number of hydrogen-bond acceptors (Lipinski definition) is 6. The van der Waals surface area contributed by atoms with E-state index >= 15 is 0 Å². The van der Waals surface area contributed by atoms with E-state index in [-0.39, 0.29) is 18.9 Å². The summed E-state index contributed by atoms with van der Waals surface area (Å²) in [4.78, 5) is 10.6. The van der Waals surface area contributed by atoms with Gasteiger partial charge in [0.15, 0.2) is 5.78 Å². The van der Waals surface area contributed by atoms with E-state index in [1.165, 1.54) is 12.1 Å². The summed E-state index contributed by atoms with van der Waals surface area (Å²) in [6, 6.07) is 13.8. The number of anilines is 1. The number of nitro benzene ring substituents is 1. The predicted octanol–water partition coefficient (Wildman–Crippen LogP) is 6.10. The summed E-state index contributed by atoms with van der Waals surface area (Å²) < 4.78 is 24.6. The van der Waals surface area contributed by atoms with Crippen LogP contribution in [0.5, 0.6) is 0 Å². The van der Waals surface area contributed by atoms with Crippen LogP contribution in [0.25, 0.3) is 0 Å². The van der Waals surface area contributed by atoms with Crippen LogP contribution in [0.1, 0.15) is 50.5 Å². The van der Waals surface area contributed by atoms with Gasteiger partial charge in [0.05, 0.1) is 18.1 Å². The lowest BCUT2D eigenvalue weighted by atomic mass is 10.0. The van der Waals surface area contributed by atoms with Crippen molar-refractivity contribution in [3.8, 4) is 0 Å². The van der Waals surface area contributed by atoms with Crippen molar-refractivity contribution in [1.82, 2.24) is 0 Å². The lowest BCUT2D eigenvalue weighted by molar-refractivity contribution is -0.384. The number of nitrogens with zero attached hydrogens (tertiary/aromatic N) is 1. The summed E-state index contributed by atoms with van der Waals surface area (Å²) in [6.07, 6.45) is 0. The SMILES string of the molecule is CCOP(=O)(OCC)C(Nc1cccc([N+](=O)[O-])c1)c1ccc(C(C)C)cc1. The van der Waals surface area contributed by atoms with Crippen molar-refractivity contribution in [3.05, 3.63) is 69.8 Å². The summed E-state index contributed by atoms with van der Waals surface area (Å²) in [5.41, 5.74) is 2.29. The van der Waals surface area contributed by atoms with Crippen LogP contribution >= 0.6 is 7.60 Å². The van der Waals surface area contributed by atoms with Crippen molar-refractivity contribution >= 4 is 19.0 Å². The molecular weight excluding hydrogens is 379 g/mol. The van der Waals surface area contributed by atoms with Gasteiger partial charge in [0.25, 0.3) is 5.69 Å². The molecule has 0 bridgehead atoms. The summed E-state index contributed by atoms with van der Waals surface area (Å²) >= 11 is 0. The number of non-ortho nitro benzene ring substituents is 1. The Kier molecular flexibility index (Phi) is 7.75. The van der Waals surface area contributed by atoms with E-state index in [9.17, 15) is 14.7 Å². The average Bonchev–Trinajstić information content (AvgIpc) is 2.66. The van der Waals surface area contributed by atoms with Gasteiger partial charge < -0.3 is 14.4 Å². The lowest BCUT2D eigenvalue weighted by Gasteiger charge is -2.28. The molecule has 0 fully saturated rings. The van der Waals surface area contributed by atoms with Crippen LogP contribution in [0.4, 0.5) is 11.4 Å². The van der Waals surface area contributed by atoms with E-state index in [4.69, 9.17) is 9.05 Å². The molecule has 1 N–H and O–H groups in total. The van der Waals surface area contributed by atoms with Gasteiger partial charge in [-0.05, 0) is 37.0 Å². The van der Waals surface area contributed by atoms with Crippen molar-refractivity contribution in [2.45, 2.75) is 39.4 Å². The van der Waals surface area contributed by atoms with Crippen molar-refractivity contribution in [2.75, 3.05) is 18.5 Å². The van der Waals surface area contributed by atoms with Crippen LogP contribution in [0, 0.1) is 10.1 Å². The Balaban J connectivity index is 2.47. The van der Waals surface area contributed by atoms with E-state index in [0.717, 1.165) is 11.1 Å². The Hall–Kier alpha value is -2.21. The fourth-order valence-corrected chi connectivity index (χ4v) is 4.76. The second-order valence-corrected chi connectivity index (χ2v) is 8.66. The number of benzene rings is 2. The fraction of sp³-hybridized carbons (Fsp3) is 0.400. The molecule has 1 atom stereocenters. The number of rotatable bonds is 10. The van der Waals surface area contributed by atoms with Gasteiger partial charge in [-0.1, -0.05) is 44.2 Å². The first-order valence-electron chi connectivity index (χ1n) is 9.30. The minimum absolute atomic E-state index is 0.0541. The standard InChI is InChI=1S/C20H27N2O5P/c1-5-26-28(25,27-6-2)20(17-12-10-16(11-13-17)15(3)4)21-18-8-7-9-19(14-18)22(23)24/h7-15,20-21H,5-6H2,1-4H3. The van der Waals surface area contributed by atoms with E-state index < -0.39 is 18.3 Å². The monoisotopic (exact) mass is 406 g/mol. The summed E-state index contributed by atoms with van der Waals surface area (Å²) in [6.45, 7) is 8.12. The molecule has 2 rings (SSSR count). The Labute approximate surface area is 165 Å². The first kappa shape index (κ1) is 22.1. The molecule has 0 aromatic heterocycles. The van der Waals surface area contributed by atoms with Gasteiger partial charge in [-0.2, -0.15) is 0 Å². The van der Waals surface area contributed by atoms with Crippen LogP contribution in [0.2, 0.25) is 0 Å². The largest absolute Gasteiger partial charge is 0.368 e. The number of hydrogen-bond donors (Lipinski definition) is 1. The molecule has 2 aromatic rings. The Morgan fingerprint density at radius 2 is 1.61 bits per heavy atom. The number of nitro groups is 1. The first-order chi connectivity index (χ1) is 13.3. The highest BCUT2D eigenvalue weighted by Gasteiger charge is 2.37. The third-order valence-electron chi connectivity index (χ3n) is 4.21. The topological polar surface area (TPSA) is 90.7 Å². The molecule has 0 aliphatic rings. The highest BCUT2D eigenvalue weighted by Crippen LogP contribution is 2.60. The minimum atomic E-state index is -3.58. The quantitative estimate of drug-likeness (QED) is 0.291. The average molecular weight is 406 g/mol. The summed E-state index contributed by atoms with van der Waals surface area (Å²) in [5.74, 6) is -0.432. The van der Waals surface area contributed by atoms with Crippen LogP contribution in [0.3, 0.4) is 0 Å². The highest BCUT2D eigenvalue weighted by atomic mass is 31.2. The molecule has 0 radical (unpaired) electrons. The van der Waals surface area contributed by atoms with Crippen molar-refractivity contribution < 1.29 is 18.5 Å². The summed E-state index contributed by atoms with van der Waals surface area (Å²) in [7, 11) is -3.58. The molecule has 7 nitrogen and oxygen atoms in total. The predicted molar refractivity (Wildman–Crippen MR) is 111 cm³/mol. The second-order valence-electron chi connectivity index (χ2n) is 6.55. The van der Waals surface area contributed by atoms with Crippen molar-refractivity contribution in [2.24, 2.45) is 0 Å². The Morgan fingerprint density at radius 1 is 1.04 bits per heavy atom. The smallest absolute Gasteiger partial charge is 0.357 e.